The van der Waals surface area contributed by atoms with E-state index in [4.69, 9.17) is 0 Å². The zero-order chi connectivity index (χ0) is 16.0. The number of piperazine rings is 1. The van der Waals surface area contributed by atoms with Crippen molar-refractivity contribution >= 4 is 5.57 Å². The Morgan fingerprint density at radius 2 is 1.83 bits per heavy atom. The number of fused-ring (bicyclic) bond motifs is 2. The molecule has 3 aliphatic heterocycles. The molecular weight excluding hydrogens is 287 g/mol. The monoisotopic (exact) mass is 314 g/mol. The number of hydrogen-bond acceptors (Lipinski definition) is 2. The molecule has 0 saturated carbocycles. The number of hydrogen-bond donors (Lipinski definition) is 1. The molecule has 0 spiro atoms. The SMILES string of the molecule is CC1(C)CCC(CN2CC3CC(C2)N3)=C(c2ccc(F)cc2)C1. The van der Waals surface area contributed by atoms with Crippen molar-refractivity contribution in [2.45, 2.75) is 51.6 Å². The maximum Gasteiger partial charge on any atom is 0.123 e. The van der Waals surface area contributed by atoms with Crippen molar-refractivity contribution in [2.75, 3.05) is 19.6 Å². The van der Waals surface area contributed by atoms with Crippen LogP contribution < -0.4 is 5.32 Å². The minimum absolute atomic E-state index is 0.145. The fourth-order valence-corrected chi connectivity index (χ4v) is 4.47. The van der Waals surface area contributed by atoms with Gasteiger partial charge < -0.3 is 5.32 Å². The summed E-state index contributed by atoms with van der Waals surface area (Å²) in [5, 5.41) is 3.61. The van der Waals surface area contributed by atoms with Crippen LogP contribution in [0.15, 0.2) is 29.8 Å². The van der Waals surface area contributed by atoms with E-state index < -0.39 is 0 Å². The van der Waals surface area contributed by atoms with Crippen molar-refractivity contribution in [3.63, 3.8) is 0 Å². The third-order valence-electron chi connectivity index (χ3n) is 5.79. The van der Waals surface area contributed by atoms with Gasteiger partial charge in [-0.2, -0.15) is 0 Å². The first kappa shape index (κ1) is 15.3. The lowest BCUT2D eigenvalue weighted by Crippen LogP contribution is -2.66. The molecule has 1 aromatic rings. The lowest BCUT2D eigenvalue weighted by Gasteiger charge is -2.49. The minimum Gasteiger partial charge on any atom is -0.309 e. The van der Waals surface area contributed by atoms with E-state index in [2.05, 4.69) is 24.1 Å². The molecule has 0 amide bonds. The maximum atomic E-state index is 13.3. The summed E-state index contributed by atoms with van der Waals surface area (Å²) < 4.78 is 13.3. The first-order valence-corrected chi connectivity index (χ1v) is 8.94. The molecule has 2 atom stereocenters. The van der Waals surface area contributed by atoms with E-state index in [0.717, 1.165) is 13.0 Å². The zero-order valence-electron chi connectivity index (χ0n) is 14.2. The molecule has 3 fully saturated rings. The van der Waals surface area contributed by atoms with E-state index in [1.54, 1.807) is 17.7 Å². The van der Waals surface area contributed by atoms with Crippen molar-refractivity contribution in [3.05, 3.63) is 41.2 Å². The Balaban J connectivity index is 1.60. The first-order valence-electron chi connectivity index (χ1n) is 8.94. The van der Waals surface area contributed by atoms with Crippen molar-refractivity contribution in [3.8, 4) is 0 Å². The summed E-state index contributed by atoms with van der Waals surface area (Å²) in [6.07, 6.45) is 4.89. The Bertz CT molecular complexity index is 601. The molecule has 5 rings (SSSR count). The second-order valence-electron chi connectivity index (χ2n) is 8.42. The van der Waals surface area contributed by atoms with Crippen molar-refractivity contribution in [1.29, 1.82) is 0 Å². The van der Waals surface area contributed by atoms with Gasteiger partial charge in [0.05, 0.1) is 0 Å². The Hall–Kier alpha value is -1.19. The minimum atomic E-state index is -0.145. The predicted octanol–water partition coefficient (Wildman–Crippen LogP) is 3.84. The van der Waals surface area contributed by atoms with E-state index in [-0.39, 0.29) is 5.82 Å². The number of rotatable bonds is 3. The Morgan fingerprint density at radius 3 is 2.48 bits per heavy atom. The standard InChI is InChI=1S/C20H27FN2/c1-20(2)8-7-15(11-23-12-17-9-18(13-23)22-17)19(10-20)14-3-5-16(21)6-4-14/h3-6,17-18,22H,7-13H2,1-2H3. The van der Waals surface area contributed by atoms with Gasteiger partial charge in [-0.3, -0.25) is 4.90 Å². The summed E-state index contributed by atoms with van der Waals surface area (Å²) in [5.74, 6) is -0.145. The quantitative estimate of drug-likeness (QED) is 0.912. The van der Waals surface area contributed by atoms with Crippen LogP contribution >= 0.6 is 0 Å². The first-order chi connectivity index (χ1) is 11.0. The molecule has 2 bridgehead atoms. The van der Waals surface area contributed by atoms with Crippen molar-refractivity contribution < 1.29 is 4.39 Å². The number of benzene rings is 1. The zero-order valence-corrected chi connectivity index (χ0v) is 14.2. The largest absolute Gasteiger partial charge is 0.309 e. The van der Waals surface area contributed by atoms with E-state index in [9.17, 15) is 4.39 Å². The van der Waals surface area contributed by atoms with Gasteiger partial charge in [0.15, 0.2) is 0 Å². The normalized spacial score (nSPS) is 30.2. The van der Waals surface area contributed by atoms with Crippen LogP contribution in [-0.4, -0.2) is 36.6 Å². The Morgan fingerprint density at radius 1 is 1.17 bits per heavy atom. The second-order valence-corrected chi connectivity index (χ2v) is 8.42. The Labute approximate surface area is 138 Å². The van der Waals surface area contributed by atoms with Crippen LogP contribution in [0, 0.1) is 11.2 Å². The van der Waals surface area contributed by atoms with Gasteiger partial charge in [0, 0.05) is 31.7 Å². The molecular formula is C20H27FN2. The molecule has 0 aromatic heterocycles. The summed E-state index contributed by atoms with van der Waals surface area (Å²) in [6, 6.07) is 8.54. The average Bonchev–Trinajstić information content (AvgIpc) is 2.49. The molecule has 1 aliphatic carbocycles. The second kappa shape index (κ2) is 5.71. The van der Waals surface area contributed by atoms with Crippen molar-refractivity contribution in [2.24, 2.45) is 5.41 Å². The molecule has 4 aliphatic rings. The summed E-state index contributed by atoms with van der Waals surface area (Å²) in [5.41, 5.74) is 4.61. The van der Waals surface area contributed by atoms with Gasteiger partial charge in [0.1, 0.15) is 5.82 Å². The van der Waals surface area contributed by atoms with Crippen LogP contribution in [-0.2, 0) is 0 Å². The smallest absolute Gasteiger partial charge is 0.123 e. The van der Waals surface area contributed by atoms with Gasteiger partial charge in [-0.1, -0.05) is 31.6 Å². The molecule has 3 heteroatoms. The molecule has 2 nitrogen and oxygen atoms in total. The third kappa shape index (κ3) is 3.22. The molecule has 23 heavy (non-hydrogen) atoms. The molecule has 124 valence electrons. The Kier molecular flexibility index (Phi) is 3.81. The van der Waals surface area contributed by atoms with Crippen LogP contribution in [0.3, 0.4) is 0 Å². The highest BCUT2D eigenvalue weighted by Crippen LogP contribution is 2.43. The van der Waals surface area contributed by atoms with Crippen molar-refractivity contribution in [1.82, 2.24) is 10.2 Å². The van der Waals surface area contributed by atoms with Crippen LogP contribution in [0.25, 0.3) is 5.57 Å². The number of nitrogens with zero attached hydrogens (tertiary/aromatic N) is 1. The molecule has 3 saturated heterocycles. The molecule has 1 aromatic carbocycles. The summed E-state index contributed by atoms with van der Waals surface area (Å²) in [4.78, 5) is 2.62. The highest BCUT2D eigenvalue weighted by molar-refractivity contribution is 5.70. The molecule has 2 unspecified atom stereocenters. The van der Waals surface area contributed by atoms with E-state index in [1.165, 1.54) is 43.5 Å². The van der Waals surface area contributed by atoms with E-state index in [0.29, 0.717) is 17.5 Å². The van der Waals surface area contributed by atoms with Gasteiger partial charge in [-0.15, -0.1) is 0 Å². The third-order valence-corrected chi connectivity index (χ3v) is 5.79. The van der Waals surface area contributed by atoms with Crippen LogP contribution in [0.5, 0.6) is 0 Å². The topological polar surface area (TPSA) is 15.3 Å². The highest BCUT2D eigenvalue weighted by Gasteiger charge is 2.37. The average molecular weight is 314 g/mol. The van der Waals surface area contributed by atoms with Crippen LogP contribution in [0.4, 0.5) is 4.39 Å². The van der Waals surface area contributed by atoms with Gasteiger partial charge in [0.2, 0.25) is 0 Å². The lowest BCUT2D eigenvalue weighted by atomic mass is 9.72. The fourth-order valence-electron chi connectivity index (χ4n) is 4.47. The van der Waals surface area contributed by atoms with Crippen LogP contribution in [0.2, 0.25) is 0 Å². The van der Waals surface area contributed by atoms with Gasteiger partial charge >= 0.3 is 0 Å². The van der Waals surface area contributed by atoms with E-state index >= 15 is 0 Å². The van der Waals surface area contributed by atoms with Gasteiger partial charge in [0.25, 0.3) is 0 Å². The fraction of sp³-hybridized carbons (Fsp3) is 0.600. The predicted molar refractivity (Wildman–Crippen MR) is 92.7 cm³/mol. The summed E-state index contributed by atoms with van der Waals surface area (Å²) in [6.45, 7) is 8.16. The molecule has 0 radical (unpaired) electrons. The highest BCUT2D eigenvalue weighted by atomic mass is 19.1. The number of piperidine rings is 1. The molecule has 3 heterocycles. The summed E-state index contributed by atoms with van der Waals surface area (Å²) in [7, 11) is 0. The van der Waals surface area contributed by atoms with Gasteiger partial charge in [-0.05, 0) is 54.4 Å². The number of nitrogens with one attached hydrogen (secondary N) is 1. The van der Waals surface area contributed by atoms with Crippen LogP contribution in [0.1, 0.15) is 45.1 Å². The summed E-state index contributed by atoms with van der Waals surface area (Å²) >= 11 is 0. The van der Waals surface area contributed by atoms with Gasteiger partial charge in [-0.25, -0.2) is 4.39 Å². The maximum absolute atomic E-state index is 13.3. The molecule has 1 N–H and O–H groups in total. The lowest BCUT2D eigenvalue weighted by molar-refractivity contribution is 0.0839. The van der Waals surface area contributed by atoms with E-state index in [1.807, 2.05) is 12.1 Å². The number of allylic oxidation sites excluding steroid dienone is 1. The number of halogens is 1.